The highest BCUT2D eigenvalue weighted by Crippen LogP contribution is 2.29. The topological polar surface area (TPSA) is 36.1 Å². The number of benzene rings is 2. The maximum atomic E-state index is 13.3. The molecule has 4 heteroatoms. The molecular weight excluding hydrogens is 315 g/mol. The van der Waals surface area contributed by atoms with Gasteiger partial charge in [0.15, 0.2) is 0 Å². The highest BCUT2D eigenvalue weighted by Gasteiger charge is 2.19. The van der Waals surface area contributed by atoms with Crippen LogP contribution < -0.4 is 0 Å². The van der Waals surface area contributed by atoms with Gasteiger partial charge in [0.2, 0.25) is 5.91 Å². The molecule has 1 aliphatic rings. The van der Waals surface area contributed by atoms with E-state index in [1.807, 2.05) is 47.5 Å². The molecule has 0 radical (unpaired) electrons. The van der Waals surface area contributed by atoms with E-state index in [1.54, 1.807) is 0 Å². The Labute approximate surface area is 145 Å². The van der Waals surface area contributed by atoms with Crippen molar-refractivity contribution in [2.75, 3.05) is 13.1 Å². The second-order valence-corrected chi connectivity index (χ2v) is 6.37. The predicted molar refractivity (Wildman–Crippen MR) is 97.6 cm³/mol. The molecule has 2 aromatic carbocycles. The molecule has 0 atom stereocenters. The Hall–Kier alpha value is -2.88. The quantitative estimate of drug-likeness (QED) is 0.767. The molecule has 4 rings (SSSR count). The van der Waals surface area contributed by atoms with Crippen LogP contribution in [0.1, 0.15) is 17.5 Å². The van der Waals surface area contributed by atoms with Gasteiger partial charge in [0, 0.05) is 35.8 Å². The van der Waals surface area contributed by atoms with Crippen molar-refractivity contribution >= 4 is 22.4 Å². The summed E-state index contributed by atoms with van der Waals surface area (Å²) in [7, 11) is 0. The maximum absolute atomic E-state index is 13.3. The fraction of sp³-hybridized carbons (Fsp3) is 0.190. The molecule has 0 spiro atoms. The normalized spacial score (nSPS) is 14.6. The number of H-pyrrole nitrogens is 1. The summed E-state index contributed by atoms with van der Waals surface area (Å²) in [5.74, 6) is -0.0845. The Bertz CT molecular complexity index is 943. The summed E-state index contributed by atoms with van der Waals surface area (Å²) in [6.45, 7) is 1.33. The minimum atomic E-state index is -0.240. The lowest BCUT2D eigenvalue weighted by Crippen LogP contribution is -2.35. The van der Waals surface area contributed by atoms with Gasteiger partial charge in [-0.3, -0.25) is 4.79 Å². The van der Waals surface area contributed by atoms with Gasteiger partial charge in [-0.05, 0) is 35.8 Å². The molecule has 1 N–H and O–H groups in total. The molecule has 25 heavy (non-hydrogen) atoms. The van der Waals surface area contributed by atoms with Crippen LogP contribution in [0.2, 0.25) is 0 Å². The molecule has 0 saturated heterocycles. The summed E-state index contributed by atoms with van der Waals surface area (Å²) >= 11 is 0. The molecular formula is C21H19FN2O. The van der Waals surface area contributed by atoms with Crippen molar-refractivity contribution in [2.24, 2.45) is 0 Å². The van der Waals surface area contributed by atoms with Gasteiger partial charge in [0.1, 0.15) is 5.82 Å². The van der Waals surface area contributed by atoms with Gasteiger partial charge < -0.3 is 9.88 Å². The van der Waals surface area contributed by atoms with E-state index in [1.165, 1.54) is 17.7 Å². The van der Waals surface area contributed by atoms with Crippen molar-refractivity contribution in [3.63, 3.8) is 0 Å². The van der Waals surface area contributed by atoms with E-state index >= 15 is 0 Å². The molecule has 1 aromatic heterocycles. The van der Waals surface area contributed by atoms with Crippen molar-refractivity contribution in [2.45, 2.75) is 12.8 Å². The van der Waals surface area contributed by atoms with Crippen LogP contribution in [0.3, 0.4) is 0 Å². The van der Waals surface area contributed by atoms with Crippen molar-refractivity contribution in [1.82, 2.24) is 9.88 Å². The molecule has 1 aliphatic heterocycles. The van der Waals surface area contributed by atoms with Crippen LogP contribution in [0.25, 0.3) is 16.5 Å². The lowest BCUT2D eigenvalue weighted by Gasteiger charge is -2.26. The van der Waals surface area contributed by atoms with Gasteiger partial charge in [-0.2, -0.15) is 0 Å². The Morgan fingerprint density at radius 1 is 1.16 bits per heavy atom. The number of carbonyl (C=O) groups excluding carboxylic acids is 1. The second kappa shape index (κ2) is 6.55. The number of halogens is 1. The zero-order valence-corrected chi connectivity index (χ0v) is 13.8. The predicted octanol–water partition coefficient (Wildman–Crippen LogP) is 4.17. The lowest BCUT2D eigenvalue weighted by atomic mass is 9.98. The van der Waals surface area contributed by atoms with Gasteiger partial charge in [-0.25, -0.2) is 4.39 Å². The molecule has 3 aromatic rings. The number of nitrogens with zero attached hydrogens (tertiary/aromatic N) is 1. The molecule has 126 valence electrons. The third-order valence-corrected chi connectivity index (χ3v) is 4.75. The number of carbonyl (C=O) groups is 1. The van der Waals surface area contributed by atoms with E-state index in [2.05, 4.69) is 11.1 Å². The van der Waals surface area contributed by atoms with Crippen LogP contribution in [0.5, 0.6) is 0 Å². The number of nitrogens with one attached hydrogen (secondary N) is 1. The number of hydrogen-bond donors (Lipinski definition) is 1. The molecule has 0 bridgehead atoms. The summed E-state index contributed by atoms with van der Waals surface area (Å²) in [4.78, 5) is 17.5. The number of amides is 1. The first kappa shape index (κ1) is 15.6. The Morgan fingerprint density at radius 2 is 2.00 bits per heavy atom. The summed E-state index contributed by atoms with van der Waals surface area (Å²) in [6, 6.07) is 14.6. The largest absolute Gasteiger partial charge is 0.360 e. The van der Waals surface area contributed by atoms with Crippen LogP contribution in [-0.2, 0) is 11.2 Å². The first-order valence-corrected chi connectivity index (χ1v) is 8.48. The molecule has 0 saturated carbocycles. The van der Waals surface area contributed by atoms with Gasteiger partial charge in [-0.15, -0.1) is 0 Å². The monoisotopic (exact) mass is 334 g/mol. The van der Waals surface area contributed by atoms with Crippen molar-refractivity contribution in [3.05, 3.63) is 77.7 Å². The first-order valence-electron chi connectivity index (χ1n) is 8.48. The fourth-order valence-electron chi connectivity index (χ4n) is 3.39. The molecule has 3 nitrogen and oxygen atoms in total. The first-order chi connectivity index (χ1) is 12.2. The van der Waals surface area contributed by atoms with Crippen LogP contribution in [0.15, 0.2) is 60.8 Å². The van der Waals surface area contributed by atoms with Gasteiger partial charge in [0.25, 0.3) is 0 Å². The molecule has 0 unspecified atom stereocenters. The van der Waals surface area contributed by atoms with Crippen LogP contribution >= 0.6 is 0 Å². The summed E-state index contributed by atoms with van der Waals surface area (Å²) in [6.07, 6.45) is 5.29. The highest BCUT2D eigenvalue weighted by molar-refractivity contribution is 5.93. The average Bonchev–Trinajstić information content (AvgIpc) is 3.05. The second-order valence-electron chi connectivity index (χ2n) is 6.37. The van der Waals surface area contributed by atoms with Crippen molar-refractivity contribution in [1.29, 1.82) is 0 Å². The van der Waals surface area contributed by atoms with E-state index in [-0.39, 0.29) is 11.7 Å². The SMILES string of the molecule is O=C(Cc1ccccc1)N1CC=C(c2c[nH]c3cc(F)ccc23)CC1. The minimum absolute atomic E-state index is 0.155. The highest BCUT2D eigenvalue weighted by atomic mass is 19.1. The molecule has 2 heterocycles. The van der Waals surface area contributed by atoms with Crippen LogP contribution in [0, 0.1) is 5.82 Å². The Kier molecular flexibility index (Phi) is 4.10. The number of aromatic amines is 1. The Morgan fingerprint density at radius 3 is 2.76 bits per heavy atom. The van der Waals surface area contributed by atoms with Crippen LogP contribution in [-0.4, -0.2) is 28.9 Å². The van der Waals surface area contributed by atoms with Gasteiger partial charge >= 0.3 is 0 Å². The molecule has 0 fully saturated rings. The fourth-order valence-corrected chi connectivity index (χ4v) is 3.39. The molecule has 0 aliphatic carbocycles. The van der Waals surface area contributed by atoms with Gasteiger partial charge in [-0.1, -0.05) is 36.4 Å². The number of fused-ring (bicyclic) bond motifs is 1. The number of rotatable bonds is 3. The van der Waals surface area contributed by atoms with E-state index in [0.717, 1.165) is 28.5 Å². The standard InChI is InChI=1S/C21H19FN2O/c22-17-6-7-18-19(14-23-20(18)13-17)16-8-10-24(11-9-16)21(25)12-15-4-2-1-3-5-15/h1-8,13-14,23H,9-12H2. The average molecular weight is 334 g/mol. The van der Waals surface area contributed by atoms with Gasteiger partial charge in [0.05, 0.1) is 6.42 Å². The summed E-state index contributed by atoms with van der Waals surface area (Å²) in [5.41, 5.74) is 4.16. The Balaban J connectivity index is 1.49. The van der Waals surface area contributed by atoms with Crippen molar-refractivity contribution in [3.8, 4) is 0 Å². The third kappa shape index (κ3) is 3.20. The van der Waals surface area contributed by atoms with Crippen molar-refractivity contribution < 1.29 is 9.18 Å². The zero-order chi connectivity index (χ0) is 17.2. The number of hydrogen-bond acceptors (Lipinski definition) is 1. The lowest BCUT2D eigenvalue weighted by molar-refractivity contribution is -0.130. The smallest absolute Gasteiger partial charge is 0.227 e. The van der Waals surface area contributed by atoms with E-state index < -0.39 is 0 Å². The summed E-state index contributed by atoms with van der Waals surface area (Å²) < 4.78 is 13.3. The maximum Gasteiger partial charge on any atom is 0.227 e. The number of aromatic nitrogens is 1. The summed E-state index contributed by atoms with van der Waals surface area (Å²) in [5, 5.41) is 1.02. The minimum Gasteiger partial charge on any atom is -0.360 e. The van der Waals surface area contributed by atoms with E-state index in [9.17, 15) is 9.18 Å². The van der Waals surface area contributed by atoms with E-state index in [0.29, 0.717) is 19.5 Å². The molecule has 1 amide bonds. The van der Waals surface area contributed by atoms with Crippen LogP contribution in [0.4, 0.5) is 4.39 Å². The zero-order valence-electron chi connectivity index (χ0n) is 13.8. The third-order valence-electron chi connectivity index (χ3n) is 4.75. The van der Waals surface area contributed by atoms with E-state index in [4.69, 9.17) is 0 Å².